The van der Waals surface area contributed by atoms with E-state index in [0.29, 0.717) is 41.4 Å². The van der Waals surface area contributed by atoms with Gasteiger partial charge in [0.25, 0.3) is 5.91 Å². The maximum atomic E-state index is 12.4. The Morgan fingerprint density at radius 1 is 1.46 bits per heavy atom. The van der Waals surface area contributed by atoms with Crippen LogP contribution in [0.4, 0.5) is 5.13 Å². The molecule has 1 aromatic heterocycles. The zero-order valence-corrected chi connectivity index (χ0v) is 17.7. The number of carboxylic acids is 1. The number of rotatable bonds is 5. The predicted octanol–water partition coefficient (Wildman–Crippen LogP) is 2.35. The molecule has 2 atom stereocenters. The highest BCUT2D eigenvalue weighted by Crippen LogP contribution is 2.30. The molecule has 2 aliphatic heterocycles. The maximum Gasteiger partial charge on any atom is 0.347 e. The second kappa shape index (κ2) is 8.15. The highest BCUT2D eigenvalue weighted by Gasteiger charge is 2.33. The number of aromatic carboxylic acids is 1. The number of piperidine rings is 1. The van der Waals surface area contributed by atoms with Crippen molar-refractivity contribution in [2.45, 2.75) is 25.0 Å². The number of ether oxygens (including phenoxy) is 1. The Morgan fingerprint density at radius 3 is 2.81 bits per heavy atom. The van der Waals surface area contributed by atoms with Crippen LogP contribution in [0.1, 0.15) is 22.5 Å². The van der Waals surface area contributed by atoms with Crippen LogP contribution in [-0.2, 0) is 9.53 Å². The molecule has 0 bridgehead atoms. The molecule has 0 aromatic carbocycles. The summed E-state index contributed by atoms with van der Waals surface area (Å²) < 4.78 is 7.03. The van der Waals surface area contributed by atoms with Gasteiger partial charge >= 0.3 is 5.97 Å². The minimum atomic E-state index is -0.984. The Bertz CT molecular complexity index is 794. The first-order chi connectivity index (χ1) is 12.4. The topological polar surface area (TPSA) is 104 Å². The third-order valence-corrected chi connectivity index (χ3v) is 7.08. The van der Waals surface area contributed by atoms with Crippen molar-refractivity contribution in [3.63, 3.8) is 0 Å². The molecule has 2 aliphatic rings. The van der Waals surface area contributed by atoms with Crippen molar-refractivity contribution in [1.82, 2.24) is 10.3 Å². The molecule has 8 nitrogen and oxygen atoms in total. The number of hydrogen-bond acceptors (Lipinski definition) is 7. The summed E-state index contributed by atoms with van der Waals surface area (Å²) in [6.45, 7) is 1.17. The van der Waals surface area contributed by atoms with Crippen molar-refractivity contribution in [3.8, 4) is 0 Å². The van der Waals surface area contributed by atoms with E-state index in [-0.39, 0.29) is 22.9 Å². The normalized spacial score (nSPS) is 23.2. The lowest BCUT2D eigenvalue weighted by atomic mass is 10.0. The van der Waals surface area contributed by atoms with E-state index >= 15 is 0 Å². The van der Waals surface area contributed by atoms with Gasteiger partial charge in [0.1, 0.15) is 15.2 Å². The van der Waals surface area contributed by atoms with Gasteiger partial charge in [-0.1, -0.05) is 27.3 Å². The minimum absolute atomic E-state index is 0.150. The average Bonchev–Trinajstić information content (AvgIpc) is 3.23. The predicted molar refractivity (Wildman–Crippen MR) is 106 cm³/mol. The van der Waals surface area contributed by atoms with Gasteiger partial charge in [-0.15, -0.1) is 0 Å². The van der Waals surface area contributed by atoms with Gasteiger partial charge in [-0.25, -0.2) is 14.8 Å². The molecule has 0 spiro atoms. The molecule has 140 valence electrons. The van der Waals surface area contributed by atoms with Crippen LogP contribution >= 0.6 is 43.2 Å². The summed E-state index contributed by atoms with van der Waals surface area (Å²) >= 11 is 7.80. The molecule has 0 aliphatic carbocycles. The molecule has 26 heavy (non-hydrogen) atoms. The summed E-state index contributed by atoms with van der Waals surface area (Å²) in [5, 5.41) is 12.7. The van der Waals surface area contributed by atoms with Gasteiger partial charge in [0.05, 0.1) is 18.3 Å². The first-order valence-electron chi connectivity index (χ1n) is 7.78. The second-order valence-corrected chi connectivity index (χ2v) is 8.55. The molecule has 0 unspecified atom stereocenters. The van der Waals surface area contributed by atoms with Crippen molar-refractivity contribution in [1.29, 1.82) is 0 Å². The average molecular weight is 508 g/mol. The molecule has 1 saturated heterocycles. The first-order valence-corrected chi connectivity index (χ1v) is 10.2. The molecule has 0 radical (unpaired) electrons. The van der Waals surface area contributed by atoms with Crippen molar-refractivity contribution in [2.75, 3.05) is 25.1 Å². The number of hydrogen-bond donors (Lipinski definition) is 2. The number of anilines is 1. The van der Waals surface area contributed by atoms with E-state index in [1.165, 1.54) is 6.20 Å². The summed E-state index contributed by atoms with van der Waals surface area (Å²) in [6.07, 6.45) is 2.25. The van der Waals surface area contributed by atoms with Gasteiger partial charge in [0, 0.05) is 31.1 Å². The number of amides is 1. The lowest BCUT2D eigenvalue weighted by molar-refractivity contribution is -0.116. The summed E-state index contributed by atoms with van der Waals surface area (Å²) in [7, 11) is 1.60. The van der Waals surface area contributed by atoms with E-state index in [0.717, 1.165) is 15.8 Å². The Morgan fingerprint density at radius 2 is 2.23 bits per heavy atom. The second-order valence-electron chi connectivity index (χ2n) is 5.83. The van der Waals surface area contributed by atoms with Crippen molar-refractivity contribution < 1.29 is 19.4 Å². The SMILES string of the molecule is CO[C@H]1CN(c2ncc(C(=O)O)s2)CC[C@H]1NC(=O)C1=NC(Br)=C(Br)C1. The molecule has 3 heterocycles. The number of nitrogens with zero attached hydrogens (tertiary/aromatic N) is 3. The molecule has 3 rings (SSSR count). The number of carbonyl (C=O) groups is 2. The summed E-state index contributed by atoms with van der Waals surface area (Å²) in [5.74, 6) is -1.19. The molecule has 11 heteroatoms. The van der Waals surface area contributed by atoms with E-state index in [4.69, 9.17) is 9.84 Å². The number of thiazole rings is 1. The number of halogens is 2. The molecule has 1 amide bonds. The van der Waals surface area contributed by atoms with E-state index in [1.54, 1.807) is 7.11 Å². The number of carboxylic acid groups (broad SMARTS) is 1. The highest BCUT2D eigenvalue weighted by molar-refractivity contribution is 9.14. The van der Waals surface area contributed by atoms with Gasteiger partial charge in [-0.2, -0.15) is 0 Å². The molecule has 1 aromatic rings. The molecule has 0 saturated carbocycles. The third-order valence-electron chi connectivity index (χ3n) is 4.19. The Kier molecular flexibility index (Phi) is 6.10. The van der Waals surface area contributed by atoms with Crippen molar-refractivity contribution >= 4 is 65.9 Å². The third kappa shape index (κ3) is 4.16. The Labute approximate surface area is 170 Å². The van der Waals surface area contributed by atoms with Crippen molar-refractivity contribution in [3.05, 3.63) is 20.2 Å². The first kappa shape index (κ1) is 19.5. The highest BCUT2D eigenvalue weighted by atomic mass is 79.9. The number of nitrogens with one attached hydrogen (secondary N) is 1. The fraction of sp³-hybridized carbons (Fsp3) is 0.467. The Balaban J connectivity index is 1.62. The van der Waals surface area contributed by atoms with Crippen LogP contribution in [0.15, 0.2) is 20.3 Å². The van der Waals surface area contributed by atoms with Gasteiger partial charge < -0.3 is 20.1 Å². The number of methoxy groups -OCH3 is 1. The van der Waals surface area contributed by atoms with Gasteiger partial charge in [-0.05, 0) is 22.4 Å². The number of allylic oxidation sites excluding steroid dienone is 1. The van der Waals surface area contributed by atoms with Crippen LogP contribution in [-0.4, -0.2) is 60.0 Å². The lowest BCUT2D eigenvalue weighted by Crippen LogP contribution is -2.55. The van der Waals surface area contributed by atoms with Gasteiger partial charge in [-0.3, -0.25) is 4.79 Å². The van der Waals surface area contributed by atoms with Crippen molar-refractivity contribution in [2.24, 2.45) is 4.99 Å². The van der Waals surface area contributed by atoms with E-state index < -0.39 is 5.97 Å². The van der Waals surface area contributed by atoms with E-state index in [9.17, 15) is 9.59 Å². The lowest BCUT2D eigenvalue weighted by Gasteiger charge is -2.37. The monoisotopic (exact) mass is 506 g/mol. The molecule has 1 fully saturated rings. The smallest absolute Gasteiger partial charge is 0.347 e. The zero-order chi connectivity index (χ0) is 18.8. The van der Waals surface area contributed by atoms with Crippen LogP contribution < -0.4 is 10.2 Å². The summed E-state index contributed by atoms with van der Waals surface area (Å²) in [4.78, 5) is 34.0. The Hall–Kier alpha value is -1.30. The van der Waals surface area contributed by atoms with Crippen LogP contribution in [0, 0.1) is 0 Å². The molecule has 2 N–H and O–H groups in total. The maximum absolute atomic E-state index is 12.4. The largest absolute Gasteiger partial charge is 0.477 e. The number of aliphatic imine (C=N–C) groups is 1. The fourth-order valence-electron chi connectivity index (χ4n) is 2.83. The van der Waals surface area contributed by atoms with Crippen LogP contribution in [0.25, 0.3) is 0 Å². The summed E-state index contributed by atoms with van der Waals surface area (Å²) in [6, 6.07) is -0.150. The van der Waals surface area contributed by atoms with E-state index in [1.807, 2.05) is 4.90 Å². The standard InChI is InChI=1S/C15H16Br2N4O4S/c1-25-10-6-21(15-18-5-11(26-15)14(23)24)3-2-8(10)20-13(22)9-4-7(16)12(17)19-9/h5,8,10H,2-4,6H2,1H3,(H,20,22)(H,23,24)/t8-,10+/m1/s1. The van der Waals surface area contributed by atoms with E-state index in [2.05, 4.69) is 47.2 Å². The summed E-state index contributed by atoms with van der Waals surface area (Å²) in [5.41, 5.74) is 0.451. The number of carbonyl (C=O) groups excluding carboxylic acids is 1. The fourth-order valence-corrected chi connectivity index (χ4v) is 4.32. The van der Waals surface area contributed by atoms with Gasteiger partial charge in [0.15, 0.2) is 5.13 Å². The quantitative estimate of drug-likeness (QED) is 0.593. The van der Waals surface area contributed by atoms with Crippen LogP contribution in [0.5, 0.6) is 0 Å². The molecular formula is C15H16Br2N4O4S. The van der Waals surface area contributed by atoms with Crippen LogP contribution in [0.3, 0.4) is 0 Å². The number of aromatic nitrogens is 1. The van der Waals surface area contributed by atoms with Gasteiger partial charge in [0.2, 0.25) is 0 Å². The minimum Gasteiger partial charge on any atom is -0.477 e. The van der Waals surface area contributed by atoms with Crippen LogP contribution in [0.2, 0.25) is 0 Å². The molecular weight excluding hydrogens is 492 g/mol. The zero-order valence-electron chi connectivity index (χ0n) is 13.7.